The van der Waals surface area contributed by atoms with E-state index < -0.39 is 6.10 Å². The lowest BCUT2D eigenvalue weighted by Crippen LogP contribution is -2.31. The Labute approximate surface area is 198 Å². The molecule has 3 unspecified atom stereocenters. The van der Waals surface area contributed by atoms with Gasteiger partial charge in [-0.05, 0) is 62.9 Å². The Morgan fingerprint density at radius 1 is 1.27 bits per heavy atom. The molecule has 33 heavy (non-hydrogen) atoms. The number of ketones is 1. The van der Waals surface area contributed by atoms with Crippen LogP contribution in [0.1, 0.15) is 71.6 Å². The molecule has 0 radical (unpaired) electrons. The number of hydrogen-bond donors (Lipinski definition) is 1. The highest BCUT2D eigenvalue weighted by Gasteiger charge is 2.25. The van der Waals surface area contributed by atoms with Crippen LogP contribution in [0.3, 0.4) is 0 Å². The van der Waals surface area contributed by atoms with Gasteiger partial charge in [-0.25, -0.2) is 4.79 Å². The molecule has 0 aromatic heterocycles. The Morgan fingerprint density at radius 3 is 2.76 bits per heavy atom. The summed E-state index contributed by atoms with van der Waals surface area (Å²) in [5, 5.41) is 2.75. The maximum Gasteiger partial charge on any atom is 0.331 e. The number of carbonyl (C=O) groups excluding carboxylic acids is 3. The Bertz CT molecular complexity index is 778. The quantitative estimate of drug-likeness (QED) is 0.411. The fourth-order valence-electron chi connectivity index (χ4n) is 4.45. The van der Waals surface area contributed by atoms with Crippen molar-refractivity contribution in [1.82, 2.24) is 5.32 Å². The molecule has 0 spiro atoms. The van der Waals surface area contributed by atoms with Crippen molar-refractivity contribution in [2.45, 2.75) is 83.8 Å². The lowest BCUT2D eigenvalue weighted by molar-refractivity contribution is -0.143. The molecule has 6 heteroatoms. The van der Waals surface area contributed by atoms with Crippen LogP contribution in [-0.4, -0.2) is 37.0 Å². The number of allylic oxidation sites excluding steroid dienone is 4. The van der Waals surface area contributed by atoms with Crippen LogP contribution >= 0.6 is 0 Å². The van der Waals surface area contributed by atoms with Gasteiger partial charge in [-0.2, -0.15) is 0 Å². The van der Waals surface area contributed by atoms with E-state index in [0.717, 1.165) is 43.4 Å². The highest BCUT2D eigenvalue weighted by Crippen LogP contribution is 2.25. The molecule has 2 heterocycles. The van der Waals surface area contributed by atoms with Crippen molar-refractivity contribution in [2.75, 3.05) is 7.11 Å². The molecule has 1 saturated heterocycles. The fourth-order valence-corrected chi connectivity index (χ4v) is 4.45. The molecule has 2 aliphatic heterocycles. The van der Waals surface area contributed by atoms with Gasteiger partial charge in [0.2, 0.25) is 5.91 Å². The van der Waals surface area contributed by atoms with E-state index in [1.165, 1.54) is 6.08 Å². The monoisotopic (exact) mass is 457 g/mol. The highest BCUT2D eigenvalue weighted by atomic mass is 16.5. The summed E-state index contributed by atoms with van der Waals surface area (Å²) in [7, 11) is 1.69. The van der Waals surface area contributed by atoms with E-state index in [4.69, 9.17) is 9.47 Å². The minimum Gasteiger partial charge on any atom is -0.454 e. The number of carbonyl (C=O) groups is 3. The number of piperidine rings is 1. The van der Waals surface area contributed by atoms with Crippen molar-refractivity contribution in [3.63, 3.8) is 0 Å². The number of rotatable bonds is 8. The second kappa shape index (κ2) is 13.9. The third-order valence-electron chi connectivity index (χ3n) is 6.27. The molecule has 2 rings (SSSR count). The minimum atomic E-state index is -0.410. The number of amides is 1. The number of Topliss-reactive ketones (excluding diaryl/α,β-unsaturated/α-hetero) is 1. The van der Waals surface area contributed by atoms with Crippen molar-refractivity contribution >= 4 is 17.7 Å². The zero-order chi connectivity index (χ0) is 24.2. The third-order valence-corrected chi connectivity index (χ3v) is 6.27. The van der Waals surface area contributed by atoms with Crippen molar-refractivity contribution in [3.8, 4) is 0 Å². The second-order valence-corrected chi connectivity index (χ2v) is 9.26. The zero-order valence-electron chi connectivity index (χ0n) is 20.3. The Morgan fingerprint density at radius 2 is 2.03 bits per heavy atom. The first-order chi connectivity index (χ1) is 15.8. The van der Waals surface area contributed by atoms with E-state index in [-0.39, 0.29) is 35.6 Å². The van der Waals surface area contributed by atoms with Gasteiger partial charge in [0.25, 0.3) is 0 Å². The number of methoxy groups -OCH3 is 1. The number of ether oxygens (including phenoxy) is 2. The number of hydrogen-bond acceptors (Lipinski definition) is 5. The molecule has 0 bridgehead atoms. The molecule has 2 aliphatic rings. The van der Waals surface area contributed by atoms with Gasteiger partial charge in [-0.3, -0.25) is 9.59 Å². The number of cyclic esters (lactones) is 1. The Kier molecular flexibility index (Phi) is 11.3. The van der Waals surface area contributed by atoms with Crippen LogP contribution in [0.4, 0.5) is 0 Å². The van der Waals surface area contributed by atoms with E-state index in [1.54, 1.807) is 7.11 Å². The molecule has 0 aromatic rings. The predicted molar refractivity (Wildman–Crippen MR) is 129 cm³/mol. The summed E-state index contributed by atoms with van der Waals surface area (Å²) < 4.78 is 11.3. The van der Waals surface area contributed by atoms with Gasteiger partial charge in [-0.1, -0.05) is 37.8 Å². The van der Waals surface area contributed by atoms with Gasteiger partial charge in [0.15, 0.2) is 0 Å². The summed E-state index contributed by atoms with van der Waals surface area (Å²) >= 11 is 0. The molecular weight excluding hydrogens is 418 g/mol. The topological polar surface area (TPSA) is 81.7 Å². The second-order valence-electron chi connectivity index (χ2n) is 9.26. The minimum absolute atomic E-state index is 0.0166. The first kappa shape index (κ1) is 26.8. The van der Waals surface area contributed by atoms with E-state index in [0.29, 0.717) is 25.7 Å². The van der Waals surface area contributed by atoms with Crippen molar-refractivity contribution < 1.29 is 23.9 Å². The van der Waals surface area contributed by atoms with Crippen LogP contribution in [0.2, 0.25) is 0 Å². The molecular formula is C27H39NO5. The smallest absolute Gasteiger partial charge is 0.331 e. The summed E-state index contributed by atoms with van der Waals surface area (Å²) in [5.41, 5.74) is 1.65. The van der Waals surface area contributed by atoms with E-state index >= 15 is 0 Å². The molecule has 1 fully saturated rings. The van der Waals surface area contributed by atoms with E-state index in [1.807, 2.05) is 26.0 Å². The molecule has 4 atom stereocenters. The van der Waals surface area contributed by atoms with Gasteiger partial charge in [0.05, 0.1) is 6.10 Å². The van der Waals surface area contributed by atoms with Crippen LogP contribution in [0.15, 0.2) is 48.2 Å². The standard InChI is InChI=1S/C27H39NO5/c1-19(14-15-23(29)11-9-10-22-17-21(3)28-25(30)18-22)27-20(2)16-24(32-4)12-7-5-6-8-13-26(31)33-27/h7-8,12-14,20,22,24,27H,3,5-6,9-11,15-18H2,1-2,4H3,(H,28,30)/b12-7+,13-8+,19-14+/t20-,22?,24?,27?/m0/s1. The fraction of sp³-hybridized carbons (Fsp3) is 0.593. The summed E-state index contributed by atoms with van der Waals surface area (Å²) in [6.07, 6.45) is 14.9. The first-order valence-electron chi connectivity index (χ1n) is 12.0. The lowest BCUT2D eigenvalue weighted by Gasteiger charge is -2.27. The number of esters is 1. The van der Waals surface area contributed by atoms with Crippen LogP contribution < -0.4 is 5.32 Å². The summed E-state index contributed by atoms with van der Waals surface area (Å²) in [4.78, 5) is 36.4. The first-order valence-corrected chi connectivity index (χ1v) is 12.0. The Balaban J connectivity index is 1.92. The summed E-state index contributed by atoms with van der Waals surface area (Å²) in [5.74, 6) is 0.112. The molecule has 182 valence electrons. The van der Waals surface area contributed by atoms with Crippen LogP contribution in [0, 0.1) is 11.8 Å². The SMILES string of the molecule is C=C1CC(CCCC(=O)C/C=C(\C)C2OC(=O)/C=C/CC/C=C/C(OC)C[C@@H]2C)CC(=O)N1. The zero-order valence-corrected chi connectivity index (χ0v) is 20.3. The average molecular weight is 458 g/mol. The van der Waals surface area contributed by atoms with Gasteiger partial charge >= 0.3 is 5.97 Å². The summed E-state index contributed by atoms with van der Waals surface area (Å²) in [6.45, 7) is 7.81. The highest BCUT2D eigenvalue weighted by molar-refractivity contribution is 5.82. The maximum absolute atomic E-state index is 12.5. The van der Waals surface area contributed by atoms with Gasteiger partial charge in [-0.15, -0.1) is 0 Å². The normalized spacial score (nSPS) is 29.3. The largest absolute Gasteiger partial charge is 0.454 e. The predicted octanol–water partition coefficient (Wildman–Crippen LogP) is 4.96. The summed E-state index contributed by atoms with van der Waals surface area (Å²) in [6, 6.07) is 0. The molecule has 0 saturated carbocycles. The third kappa shape index (κ3) is 9.91. The van der Waals surface area contributed by atoms with Crippen molar-refractivity contribution in [1.29, 1.82) is 0 Å². The number of nitrogens with one attached hydrogen (secondary N) is 1. The van der Waals surface area contributed by atoms with Gasteiger partial charge in [0.1, 0.15) is 11.9 Å². The van der Waals surface area contributed by atoms with Crippen molar-refractivity contribution in [3.05, 3.63) is 48.2 Å². The van der Waals surface area contributed by atoms with Crippen LogP contribution in [0.25, 0.3) is 0 Å². The molecule has 1 N–H and O–H groups in total. The average Bonchev–Trinajstić information content (AvgIpc) is 2.75. The molecule has 0 aromatic carbocycles. The van der Waals surface area contributed by atoms with Gasteiger partial charge in [0, 0.05) is 38.1 Å². The van der Waals surface area contributed by atoms with Crippen molar-refractivity contribution in [2.24, 2.45) is 11.8 Å². The maximum atomic E-state index is 12.5. The Hall–Kier alpha value is -2.47. The molecule has 6 nitrogen and oxygen atoms in total. The molecule has 0 aliphatic carbocycles. The van der Waals surface area contributed by atoms with E-state index in [9.17, 15) is 14.4 Å². The molecule has 1 amide bonds. The van der Waals surface area contributed by atoms with Crippen LogP contribution in [0.5, 0.6) is 0 Å². The lowest BCUT2D eigenvalue weighted by atomic mass is 9.89. The van der Waals surface area contributed by atoms with E-state index in [2.05, 4.69) is 24.0 Å². The van der Waals surface area contributed by atoms with Gasteiger partial charge < -0.3 is 14.8 Å². The van der Waals surface area contributed by atoms with Crippen LogP contribution in [-0.2, 0) is 23.9 Å².